The van der Waals surface area contributed by atoms with E-state index in [1.807, 2.05) is 20.8 Å². The minimum absolute atomic E-state index is 0.156. The summed E-state index contributed by atoms with van der Waals surface area (Å²) in [6.07, 6.45) is 10.5. The van der Waals surface area contributed by atoms with Crippen LogP contribution in [-0.4, -0.2) is 5.78 Å². The molecule has 0 saturated carbocycles. The van der Waals surface area contributed by atoms with E-state index in [0.717, 1.165) is 12.8 Å². The fourth-order valence-corrected chi connectivity index (χ4v) is 2.24. The van der Waals surface area contributed by atoms with E-state index in [4.69, 9.17) is 0 Å². The molecule has 0 heterocycles. The Hall–Kier alpha value is -0.850. The largest absolute Gasteiger partial charge is 0.299 e. The van der Waals surface area contributed by atoms with Gasteiger partial charge in [0.25, 0.3) is 0 Å². The molecule has 1 aliphatic carbocycles. The van der Waals surface area contributed by atoms with Gasteiger partial charge in [0.1, 0.15) is 5.78 Å². The normalized spacial score (nSPS) is 23.2. The Balaban J connectivity index is 0.00000121. The first-order chi connectivity index (χ1) is 8.19. The summed E-state index contributed by atoms with van der Waals surface area (Å²) in [5.41, 5.74) is 1.29. The van der Waals surface area contributed by atoms with Gasteiger partial charge in [-0.1, -0.05) is 57.9 Å². The van der Waals surface area contributed by atoms with Crippen molar-refractivity contribution in [3.8, 4) is 0 Å². The molecule has 0 aromatic heterocycles. The van der Waals surface area contributed by atoms with Gasteiger partial charge in [-0.15, -0.1) is 0 Å². The number of hydrogen-bond donors (Lipinski definition) is 0. The van der Waals surface area contributed by atoms with Crippen molar-refractivity contribution in [1.29, 1.82) is 0 Å². The van der Waals surface area contributed by atoms with Crippen molar-refractivity contribution in [1.82, 2.24) is 0 Å². The zero-order valence-electron chi connectivity index (χ0n) is 12.1. The molecule has 0 fully saturated rings. The number of ketones is 1. The molecule has 0 aromatic carbocycles. The van der Waals surface area contributed by atoms with Crippen LogP contribution in [0.1, 0.15) is 60.3 Å². The number of hydrogen-bond acceptors (Lipinski definition) is 1. The summed E-state index contributed by atoms with van der Waals surface area (Å²) < 4.78 is 0. The minimum atomic E-state index is 0.156. The van der Waals surface area contributed by atoms with Gasteiger partial charge in [-0.05, 0) is 25.7 Å². The molecule has 0 N–H and O–H groups in total. The van der Waals surface area contributed by atoms with Crippen molar-refractivity contribution in [3.05, 3.63) is 23.8 Å². The quantitative estimate of drug-likeness (QED) is 0.676. The summed E-state index contributed by atoms with van der Waals surface area (Å²) in [6.45, 7) is 10.3. The van der Waals surface area contributed by atoms with Gasteiger partial charge in [0.15, 0.2) is 0 Å². The third-order valence-corrected chi connectivity index (χ3v) is 3.20. The highest BCUT2D eigenvalue weighted by atomic mass is 16.1. The van der Waals surface area contributed by atoms with Crippen LogP contribution in [0.25, 0.3) is 0 Å². The van der Waals surface area contributed by atoms with Crippen LogP contribution in [0, 0.1) is 11.8 Å². The van der Waals surface area contributed by atoms with Gasteiger partial charge in [-0.3, -0.25) is 4.79 Å². The number of carbonyl (C=O) groups is 1. The average Bonchev–Trinajstić information content (AvgIpc) is 2.54. The molecule has 2 unspecified atom stereocenters. The van der Waals surface area contributed by atoms with E-state index in [-0.39, 0.29) is 5.92 Å². The van der Waals surface area contributed by atoms with Gasteiger partial charge in [-0.2, -0.15) is 0 Å². The first-order valence-electron chi connectivity index (χ1n) is 7.06. The van der Waals surface area contributed by atoms with Crippen molar-refractivity contribution in [2.75, 3.05) is 0 Å². The Labute approximate surface area is 107 Å². The van der Waals surface area contributed by atoms with Crippen LogP contribution in [0.2, 0.25) is 0 Å². The summed E-state index contributed by atoms with van der Waals surface area (Å²) in [7, 11) is 0. The molecule has 0 spiro atoms. The van der Waals surface area contributed by atoms with Gasteiger partial charge in [0.2, 0.25) is 0 Å². The highest BCUT2D eigenvalue weighted by Crippen LogP contribution is 2.28. The monoisotopic (exact) mass is 236 g/mol. The minimum Gasteiger partial charge on any atom is -0.299 e. The molecule has 0 aliphatic heterocycles. The van der Waals surface area contributed by atoms with Gasteiger partial charge < -0.3 is 0 Å². The maximum atomic E-state index is 11.8. The number of rotatable bonds is 4. The zero-order chi connectivity index (χ0) is 13.3. The molecule has 1 nitrogen and oxygen atoms in total. The predicted molar refractivity (Wildman–Crippen MR) is 76.0 cm³/mol. The molecular weight excluding hydrogens is 208 g/mol. The van der Waals surface area contributed by atoms with Gasteiger partial charge in [-0.25, -0.2) is 0 Å². The smallest absolute Gasteiger partial charge is 0.139 e. The Bertz CT molecular complexity index is 273. The Morgan fingerprint density at radius 1 is 1.35 bits per heavy atom. The third kappa shape index (κ3) is 5.34. The molecule has 0 radical (unpaired) electrons. The average molecular weight is 236 g/mol. The molecule has 2 atom stereocenters. The highest BCUT2D eigenvalue weighted by Gasteiger charge is 2.24. The second-order valence-electron chi connectivity index (χ2n) is 4.44. The van der Waals surface area contributed by atoms with Crippen molar-refractivity contribution in [3.63, 3.8) is 0 Å². The van der Waals surface area contributed by atoms with E-state index >= 15 is 0 Å². The predicted octanol–water partition coefficient (Wildman–Crippen LogP) is 4.93. The second-order valence-corrected chi connectivity index (χ2v) is 4.44. The summed E-state index contributed by atoms with van der Waals surface area (Å²) >= 11 is 0. The van der Waals surface area contributed by atoms with Crippen LogP contribution in [0.15, 0.2) is 23.8 Å². The molecule has 1 aliphatic rings. The number of carbonyl (C=O) groups excluding carboxylic acids is 1. The fourth-order valence-electron chi connectivity index (χ4n) is 2.24. The van der Waals surface area contributed by atoms with Gasteiger partial charge in [0, 0.05) is 12.3 Å². The third-order valence-electron chi connectivity index (χ3n) is 3.20. The van der Waals surface area contributed by atoms with Crippen LogP contribution in [0.5, 0.6) is 0 Å². The Morgan fingerprint density at radius 3 is 2.53 bits per heavy atom. The van der Waals surface area contributed by atoms with E-state index in [1.165, 1.54) is 12.0 Å². The molecule has 1 rings (SSSR count). The van der Waals surface area contributed by atoms with Crippen molar-refractivity contribution < 1.29 is 4.79 Å². The topological polar surface area (TPSA) is 17.1 Å². The highest BCUT2D eigenvalue weighted by molar-refractivity contribution is 5.82. The summed E-state index contributed by atoms with van der Waals surface area (Å²) in [6, 6.07) is 0. The maximum Gasteiger partial charge on any atom is 0.139 e. The van der Waals surface area contributed by atoms with Crippen molar-refractivity contribution in [2.45, 2.75) is 60.3 Å². The zero-order valence-corrected chi connectivity index (χ0v) is 12.1. The van der Waals surface area contributed by atoms with Crippen molar-refractivity contribution >= 4 is 5.78 Å². The summed E-state index contributed by atoms with van der Waals surface area (Å²) in [5.74, 6) is 1.08. The number of allylic oxidation sites excluding steroid dienone is 4. The Morgan fingerprint density at radius 2 is 2.00 bits per heavy atom. The van der Waals surface area contributed by atoms with Gasteiger partial charge >= 0.3 is 0 Å². The van der Waals surface area contributed by atoms with E-state index in [9.17, 15) is 4.79 Å². The van der Waals surface area contributed by atoms with Crippen LogP contribution >= 0.6 is 0 Å². The lowest BCUT2D eigenvalue weighted by Crippen LogP contribution is -2.20. The Kier molecular flexibility index (Phi) is 8.75. The molecule has 17 heavy (non-hydrogen) atoms. The second kappa shape index (κ2) is 9.21. The lowest BCUT2D eigenvalue weighted by molar-refractivity contribution is -0.122. The molecule has 98 valence electrons. The standard InChI is InChI=1S/C14H22O.C2H6/c1-4-6-12-9-7-11(3)8-10-13(12)14(15)5-2;1-2/h7-8,10,12-13H,4-6,9H2,1-3H3;1-2H3. The van der Waals surface area contributed by atoms with E-state index in [0.29, 0.717) is 18.1 Å². The van der Waals surface area contributed by atoms with Crippen LogP contribution in [0.4, 0.5) is 0 Å². The molecule has 1 heteroatoms. The molecule has 0 bridgehead atoms. The summed E-state index contributed by atoms with van der Waals surface area (Å²) in [4.78, 5) is 11.8. The lowest BCUT2D eigenvalue weighted by Gasteiger charge is -2.20. The summed E-state index contributed by atoms with van der Waals surface area (Å²) in [5, 5.41) is 0. The van der Waals surface area contributed by atoms with E-state index in [2.05, 4.69) is 32.1 Å². The number of Topliss-reactive ketones (excluding diaryl/α,β-unsaturated/α-hetero) is 1. The van der Waals surface area contributed by atoms with E-state index in [1.54, 1.807) is 0 Å². The fraction of sp³-hybridized carbons (Fsp3) is 0.688. The molecular formula is C16H28O. The van der Waals surface area contributed by atoms with Crippen LogP contribution < -0.4 is 0 Å². The first-order valence-corrected chi connectivity index (χ1v) is 7.06. The van der Waals surface area contributed by atoms with Crippen LogP contribution in [0.3, 0.4) is 0 Å². The molecule has 0 amide bonds. The maximum absolute atomic E-state index is 11.8. The van der Waals surface area contributed by atoms with Crippen LogP contribution in [-0.2, 0) is 4.79 Å². The molecule has 0 aromatic rings. The molecule has 0 saturated heterocycles. The SMILES string of the molecule is CC.CCCC1CC=C(C)C=CC1C(=O)CC. The van der Waals surface area contributed by atoms with E-state index < -0.39 is 0 Å². The first kappa shape index (κ1) is 16.1. The lowest BCUT2D eigenvalue weighted by atomic mass is 9.83. The van der Waals surface area contributed by atoms with Gasteiger partial charge in [0.05, 0.1) is 0 Å². The van der Waals surface area contributed by atoms with Crippen molar-refractivity contribution in [2.24, 2.45) is 11.8 Å².